The van der Waals surface area contributed by atoms with E-state index in [1.165, 1.54) is 19.4 Å². The van der Waals surface area contributed by atoms with Gasteiger partial charge in [-0.3, -0.25) is 9.59 Å². The highest BCUT2D eigenvalue weighted by Gasteiger charge is 2.23. The predicted molar refractivity (Wildman–Crippen MR) is 68.9 cm³/mol. The summed E-state index contributed by atoms with van der Waals surface area (Å²) < 4.78 is 4.93. The fourth-order valence-corrected chi connectivity index (χ4v) is 1.98. The number of amides is 2. The quantitative estimate of drug-likeness (QED) is 0.694. The molecule has 2 heterocycles. The second-order valence-electron chi connectivity index (χ2n) is 4.32. The van der Waals surface area contributed by atoms with Crippen molar-refractivity contribution in [1.29, 1.82) is 0 Å². The molecule has 1 aliphatic rings. The summed E-state index contributed by atoms with van der Waals surface area (Å²) >= 11 is 0. The average molecular weight is 264 g/mol. The number of carbonyl (C=O) groups is 2. The number of rotatable bonds is 4. The number of aromatic nitrogens is 1. The minimum absolute atomic E-state index is 0.0564. The van der Waals surface area contributed by atoms with Gasteiger partial charge in [-0.05, 0) is 19.0 Å². The third kappa shape index (κ3) is 3.00. The third-order valence-corrected chi connectivity index (χ3v) is 3.01. The number of nitrogens with one attached hydrogen (secondary N) is 2. The lowest BCUT2D eigenvalue weighted by Gasteiger charge is -2.11. The zero-order valence-electron chi connectivity index (χ0n) is 10.6. The Morgan fingerprint density at radius 2 is 2.37 bits per heavy atom. The molecule has 0 radical (unpaired) electrons. The van der Waals surface area contributed by atoms with E-state index >= 15 is 0 Å². The SMILES string of the molecule is COc1ncc(NC(=O)C2CCNC2)cc1C(N)=O. The van der Waals surface area contributed by atoms with E-state index in [4.69, 9.17) is 10.5 Å². The van der Waals surface area contributed by atoms with Gasteiger partial charge in [-0.1, -0.05) is 0 Å². The van der Waals surface area contributed by atoms with E-state index in [0.29, 0.717) is 12.2 Å². The summed E-state index contributed by atoms with van der Waals surface area (Å²) in [4.78, 5) is 27.1. The van der Waals surface area contributed by atoms with Crippen molar-refractivity contribution >= 4 is 17.5 Å². The molecule has 19 heavy (non-hydrogen) atoms. The molecule has 7 heteroatoms. The van der Waals surface area contributed by atoms with Crippen molar-refractivity contribution in [3.05, 3.63) is 17.8 Å². The van der Waals surface area contributed by atoms with Crippen LogP contribution in [0.1, 0.15) is 16.8 Å². The lowest BCUT2D eigenvalue weighted by atomic mass is 10.1. The zero-order valence-corrected chi connectivity index (χ0v) is 10.6. The number of hydrogen-bond donors (Lipinski definition) is 3. The predicted octanol–water partition coefficient (Wildman–Crippen LogP) is -0.263. The van der Waals surface area contributed by atoms with E-state index in [0.717, 1.165) is 13.0 Å². The standard InChI is InChI=1S/C12H16N4O3/c1-19-12-9(10(13)17)4-8(6-15-12)16-11(18)7-2-3-14-5-7/h4,6-7,14H,2-3,5H2,1H3,(H2,13,17)(H,16,18). The number of pyridine rings is 1. The summed E-state index contributed by atoms with van der Waals surface area (Å²) in [5, 5.41) is 5.84. The van der Waals surface area contributed by atoms with Gasteiger partial charge >= 0.3 is 0 Å². The Balaban J connectivity index is 2.14. The van der Waals surface area contributed by atoms with Gasteiger partial charge in [0.2, 0.25) is 11.8 Å². The maximum atomic E-state index is 11.9. The van der Waals surface area contributed by atoms with Crippen LogP contribution in [-0.2, 0) is 4.79 Å². The zero-order chi connectivity index (χ0) is 13.8. The molecule has 1 aromatic rings. The molecule has 1 atom stereocenters. The Morgan fingerprint density at radius 3 is 2.95 bits per heavy atom. The van der Waals surface area contributed by atoms with E-state index in [1.807, 2.05) is 0 Å². The van der Waals surface area contributed by atoms with Crippen LogP contribution in [0, 0.1) is 5.92 Å². The molecule has 7 nitrogen and oxygen atoms in total. The third-order valence-electron chi connectivity index (χ3n) is 3.01. The van der Waals surface area contributed by atoms with Gasteiger partial charge in [0.1, 0.15) is 5.56 Å². The molecule has 0 aliphatic carbocycles. The summed E-state index contributed by atoms with van der Waals surface area (Å²) in [6.07, 6.45) is 2.24. The number of methoxy groups -OCH3 is 1. The highest BCUT2D eigenvalue weighted by Crippen LogP contribution is 2.20. The number of hydrogen-bond acceptors (Lipinski definition) is 5. The van der Waals surface area contributed by atoms with Gasteiger partial charge < -0.3 is 21.1 Å². The van der Waals surface area contributed by atoms with Crippen molar-refractivity contribution in [3.8, 4) is 5.88 Å². The minimum Gasteiger partial charge on any atom is -0.480 e. The Labute approximate surface area is 110 Å². The summed E-state index contributed by atoms with van der Waals surface area (Å²) in [5.74, 6) is -0.650. The van der Waals surface area contributed by atoms with Crippen molar-refractivity contribution in [1.82, 2.24) is 10.3 Å². The summed E-state index contributed by atoms with van der Waals surface area (Å²) in [5.41, 5.74) is 5.81. The van der Waals surface area contributed by atoms with Crippen LogP contribution in [-0.4, -0.2) is 37.0 Å². The molecule has 0 spiro atoms. The number of primary amides is 1. The first kappa shape index (κ1) is 13.3. The lowest BCUT2D eigenvalue weighted by molar-refractivity contribution is -0.119. The molecule has 1 fully saturated rings. The summed E-state index contributed by atoms with van der Waals surface area (Å²) in [6, 6.07) is 1.47. The van der Waals surface area contributed by atoms with Crippen molar-refractivity contribution in [2.75, 3.05) is 25.5 Å². The molecule has 4 N–H and O–H groups in total. The molecule has 2 rings (SSSR count). The topological polar surface area (TPSA) is 106 Å². The van der Waals surface area contributed by atoms with Crippen LogP contribution in [0.15, 0.2) is 12.3 Å². The molecule has 1 saturated heterocycles. The fraction of sp³-hybridized carbons (Fsp3) is 0.417. The molecular formula is C12H16N4O3. The normalized spacial score (nSPS) is 18.1. The Kier molecular flexibility index (Phi) is 3.96. The molecule has 0 saturated carbocycles. The molecule has 1 unspecified atom stereocenters. The Bertz CT molecular complexity index is 498. The maximum absolute atomic E-state index is 11.9. The van der Waals surface area contributed by atoms with E-state index in [9.17, 15) is 9.59 Å². The van der Waals surface area contributed by atoms with Crippen molar-refractivity contribution in [2.45, 2.75) is 6.42 Å². The summed E-state index contributed by atoms with van der Waals surface area (Å²) in [6.45, 7) is 1.50. The van der Waals surface area contributed by atoms with Gasteiger partial charge in [-0.2, -0.15) is 0 Å². The van der Waals surface area contributed by atoms with Crippen LogP contribution in [0.25, 0.3) is 0 Å². The highest BCUT2D eigenvalue weighted by molar-refractivity contribution is 5.98. The Hall–Kier alpha value is -2.15. The van der Waals surface area contributed by atoms with Crippen LogP contribution in [0.3, 0.4) is 0 Å². The van der Waals surface area contributed by atoms with Gasteiger partial charge in [0, 0.05) is 6.54 Å². The molecule has 0 aromatic carbocycles. The maximum Gasteiger partial charge on any atom is 0.254 e. The van der Waals surface area contributed by atoms with Crippen LogP contribution in [0.5, 0.6) is 5.88 Å². The van der Waals surface area contributed by atoms with E-state index < -0.39 is 5.91 Å². The lowest BCUT2D eigenvalue weighted by Crippen LogP contribution is -2.25. The van der Waals surface area contributed by atoms with E-state index in [1.54, 1.807) is 0 Å². The molecular weight excluding hydrogens is 248 g/mol. The van der Waals surface area contributed by atoms with Gasteiger partial charge in [0.05, 0.1) is 24.9 Å². The average Bonchev–Trinajstić information content (AvgIpc) is 2.92. The minimum atomic E-state index is -0.650. The molecule has 0 bridgehead atoms. The first-order valence-corrected chi connectivity index (χ1v) is 5.97. The van der Waals surface area contributed by atoms with E-state index in [-0.39, 0.29) is 23.3 Å². The second-order valence-corrected chi connectivity index (χ2v) is 4.32. The van der Waals surface area contributed by atoms with Crippen molar-refractivity contribution in [2.24, 2.45) is 11.7 Å². The van der Waals surface area contributed by atoms with Gasteiger partial charge in [0.15, 0.2) is 0 Å². The largest absolute Gasteiger partial charge is 0.480 e. The van der Waals surface area contributed by atoms with Crippen LogP contribution < -0.4 is 21.1 Å². The van der Waals surface area contributed by atoms with Crippen LogP contribution in [0.2, 0.25) is 0 Å². The smallest absolute Gasteiger partial charge is 0.254 e. The monoisotopic (exact) mass is 264 g/mol. The molecule has 1 aliphatic heterocycles. The first-order chi connectivity index (χ1) is 9.11. The molecule has 1 aromatic heterocycles. The number of anilines is 1. The first-order valence-electron chi connectivity index (χ1n) is 5.97. The van der Waals surface area contributed by atoms with Crippen LogP contribution in [0.4, 0.5) is 5.69 Å². The Morgan fingerprint density at radius 1 is 1.58 bits per heavy atom. The number of nitrogens with two attached hydrogens (primary N) is 1. The number of nitrogens with zero attached hydrogens (tertiary/aromatic N) is 1. The molecule has 2 amide bonds. The van der Waals surface area contributed by atoms with Crippen molar-refractivity contribution < 1.29 is 14.3 Å². The molecule has 102 valence electrons. The summed E-state index contributed by atoms with van der Waals surface area (Å²) in [7, 11) is 1.40. The van der Waals surface area contributed by atoms with Gasteiger partial charge in [-0.15, -0.1) is 0 Å². The van der Waals surface area contributed by atoms with Gasteiger partial charge in [0.25, 0.3) is 5.91 Å². The highest BCUT2D eigenvalue weighted by atomic mass is 16.5. The number of ether oxygens (including phenoxy) is 1. The van der Waals surface area contributed by atoms with Crippen LogP contribution >= 0.6 is 0 Å². The van der Waals surface area contributed by atoms with Crippen molar-refractivity contribution in [3.63, 3.8) is 0 Å². The van der Waals surface area contributed by atoms with E-state index in [2.05, 4.69) is 15.6 Å². The number of carbonyl (C=O) groups excluding carboxylic acids is 2. The fourth-order valence-electron chi connectivity index (χ4n) is 1.98. The second kappa shape index (κ2) is 5.66. The van der Waals surface area contributed by atoms with Gasteiger partial charge in [-0.25, -0.2) is 4.98 Å².